The van der Waals surface area contributed by atoms with Crippen LogP contribution in [0.2, 0.25) is 0 Å². The van der Waals surface area contributed by atoms with E-state index >= 15 is 0 Å². The Kier molecular flexibility index (Phi) is 9.17. The average Bonchev–Trinajstić information content (AvgIpc) is 3.48. The number of nitrogens with zero attached hydrogens (tertiary/aromatic N) is 3. The Morgan fingerprint density at radius 3 is 2.74 bits per heavy atom. The normalized spacial score (nSPS) is 14.0. The van der Waals surface area contributed by atoms with Crippen LogP contribution in [0.1, 0.15) is 18.0 Å². The van der Waals surface area contributed by atoms with E-state index in [1.165, 1.54) is 0 Å². The number of hydrogen-bond acceptors (Lipinski definition) is 7. The van der Waals surface area contributed by atoms with E-state index < -0.39 is 12.1 Å². The molecule has 1 aliphatic rings. The van der Waals surface area contributed by atoms with Crippen molar-refractivity contribution in [3.63, 3.8) is 0 Å². The molecule has 38 heavy (non-hydrogen) atoms. The van der Waals surface area contributed by atoms with Gasteiger partial charge in [0.15, 0.2) is 0 Å². The summed E-state index contributed by atoms with van der Waals surface area (Å²) in [6.45, 7) is 2.22. The van der Waals surface area contributed by atoms with E-state index in [1.807, 2.05) is 48.3 Å². The lowest BCUT2D eigenvalue weighted by Crippen LogP contribution is -2.45. The van der Waals surface area contributed by atoms with Gasteiger partial charge in [0.25, 0.3) is 0 Å². The number of carbonyl (C=O) groups is 2. The molecule has 202 valence electrons. The minimum Gasteiger partial charge on any atom is -0.497 e. The fourth-order valence-corrected chi connectivity index (χ4v) is 4.37. The summed E-state index contributed by atoms with van der Waals surface area (Å²) in [5.74, 6) is 0.650. The number of likely N-dealkylation sites (N-methyl/N-ethyl adjacent to an activating group) is 1. The standard InChI is InChI=1S/C27H34N6O5/c1-32(18-26(35)33-9-12-38-13-10-33)25-15-19(21-16-28-29-17-21)6-7-24(25)31-27(36)30-23(8-11-34)20-4-3-5-22(14-20)37-2/h3-7,14-17,23,34H,8-13,18H2,1-2H3,(H,28,29)(H2,30,31,36). The number of methoxy groups -OCH3 is 1. The van der Waals surface area contributed by atoms with Gasteiger partial charge in [-0.3, -0.25) is 9.89 Å². The number of amides is 3. The predicted octanol–water partition coefficient (Wildman–Crippen LogP) is 2.63. The molecular formula is C27H34N6O5. The Morgan fingerprint density at radius 2 is 2.03 bits per heavy atom. The van der Waals surface area contributed by atoms with Crippen LogP contribution >= 0.6 is 0 Å². The summed E-state index contributed by atoms with van der Waals surface area (Å²) in [7, 11) is 3.40. The van der Waals surface area contributed by atoms with E-state index in [0.717, 1.165) is 16.7 Å². The number of anilines is 2. The number of aliphatic hydroxyl groups is 1. The number of aromatic amines is 1. The van der Waals surface area contributed by atoms with Gasteiger partial charge in [-0.15, -0.1) is 0 Å². The molecule has 4 N–H and O–H groups in total. The Morgan fingerprint density at radius 1 is 1.21 bits per heavy atom. The molecule has 1 aliphatic heterocycles. The molecule has 4 rings (SSSR count). The Labute approximate surface area is 221 Å². The second-order valence-corrected chi connectivity index (χ2v) is 9.01. The van der Waals surface area contributed by atoms with Crippen LogP contribution in [-0.4, -0.2) is 85.8 Å². The summed E-state index contributed by atoms with van der Waals surface area (Å²) < 4.78 is 10.7. The molecule has 0 saturated carbocycles. The Hall–Kier alpha value is -4.09. The van der Waals surface area contributed by atoms with Crippen molar-refractivity contribution in [1.82, 2.24) is 20.4 Å². The van der Waals surface area contributed by atoms with Gasteiger partial charge >= 0.3 is 6.03 Å². The molecule has 2 heterocycles. The van der Waals surface area contributed by atoms with Gasteiger partial charge in [0, 0.05) is 38.5 Å². The van der Waals surface area contributed by atoms with E-state index in [0.29, 0.717) is 49.8 Å². The number of rotatable bonds is 10. The Balaban J connectivity index is 1.54. The molecule has 1 atom stereocenters. The summed E-state index contributed by atoms with van der Waals surface area (Å²) >= 11 is 0. The highest BCUT2D eigenvalue weighted by molar-refractivity contribution is 5.95. The lowest BCUT2D eigenvalue weighted by atomic mass is 10.0. The molecule has 3 aromatic rings. The first kappa shape index (κ1) is 27.0. The van der Waals surface area contributed by atoms with Gasteiger partial charge in [0.1, 0.15) is 5.75 Å². The molecule has 1 fully saturated rings. The molecule has 0 bridgehead atoms. The van der Waals surface area contributed by atoms with Crippen molar-refractivity contribution >= 4 is 23.3 Å². The number of morpholine rings is 1. The van der Waals surface area contributed by atoms with Gasteiger partial charge in [0.05, 0.1) is 50.5 Å². The maximum absolute atomic E-state index is 13.1. The van der Waals surface area contributed by atoms with Gasteiger partial charge in [-0.1, -0.05) is 18.2 Å². The van der Waals surface area contributed by atoms with E-state index in [-0.39, 0.29) is 19.1 Å². The van der Waals surface area contributed by atoms with Crippen LogP contribution in [0.3, 0.4) is 0 Å². The van der Waals surface area contributed by atoms with Crippen molar-refractivity contribution in [1.29, 1.82) is 0 Å². The molecule has 1 aromatic heterocycles. The van der Waals surface area contributed by atoms with Crippen molar-refractivity contribution in [2.24, 2.45) is 0 Å². The number of aliphatic hydroxyl groups excluding tert-OH is 1. The summed E-state index contributed by atoms with van der Waals surface area (Å²) in [5.41, 5.74) is 3.81. The Bertz CT molecular complexity index is 1210. The molecule has 1 saturated heterocycles. The molecule has 0 radical (unpaired) electrons. The highest BCUT2D eigenvalue weighted by atomic mass is 16.5. The monoisotopic (exact) mass is 522 g/mol. The van der Waals surface area contributed by atoms with E-state index in [9.17, 15) is 14.7 Å². The number of H-pyrrole nitrogens is 1. The number of carbonyl (C=O) groups excluding carboxylic acids is 2. The van der Waals surface area contributed by atoms with Gasteiger partial charge in [0.2, 0.25) is 5.91 Å². The van der Waals surface area contributed by atoms with Gasteiger partial charge in [-0.05, 0) is 41.8 Å². The maximum Gasteiger partial charge on any atom is 0.319 e. The maximum atomic E-state index is 13.1. The van der Waals surface area contributed by atoms with E-state index in [2.05, 4.69) is 20.8 Å². The first-order valence-electron chi connectivity index (χ1n) is 12.5. The number of hydrogen-bond donors (Lipinski definition) is 4. The summed E-state index contributed by atoms with van der Waals surface area (Å²) in [6.07, 6.45) is 3.83. The first-order valence-corrected chi connectivity index (χ1v) is 12.5. The van der Waals surface area contributed by atoms with E-state index in [1.54, 1.807) is 30.5 Å². The van der Waals surface area contributed by atoms with Crippen LogP contribution in [-0.2, 0) is 9.53 Å². The van der Waals surface area contributed by atoms with Gasteiger partial charge in [-0.2, -0.15) is 5.10 Å². The van der Waals surface area contributed by atoms with Crippen LogP contribution in [0.4, 0.5) is 16.2 Å². The number of nitrogens with one attached hydrogen (secondary N) is 3. The zero-order valence-corrected chi connectivity index (χ0v) is 21.6. The van der Waals surface area contributed by atoms with Crippen molar-refractivity contribution in [2.45, 2.75) is 12.5 Å². The fraction of sp³-hybridized carbons (Fsp3) is 0.370. The molecule has 2 aromatic carbocycles. The third kappa shape index (κ3) is 6.81. The minimum absolute atomic E-state index is 0.0130. The summed E-state index contributed by atoms with van der Waals surface area (Å²) in [6, 6.07) is 12.1. The molecule has 11 heteroatoms. The topological polar surface area (TPSA) is 132 Å². The fourth-order valence-electron chi connectivity index (χ4n) is 4.37. The molecule has 11 nitrogen and oxygen atoms in total. The van der Waals surface area contributed by atoms with Crippen LogP contribution in [0, 0.1) is 0 Å². The molecular weight excluding hydrogens is 488 g/mol. The van der Waals surface area contributed by atoms with E-state index in [4.69, 9.17) is 9.47 Å². The van der Waals surface area contributed by atoms with Crippen LogP contribution in [0.15, 0.2) is 54.9 Å². The smallest absolute Gasteiger partial charge is 0.319 e. The van der Waals surface area contributed by atoms with Gasteiger partial charge < -0.3 is 35.0 Å². The predicted molar refractivity (Wildman–Crippen MR) is 144 cm³/mol. The minimum atomic E-state index is -0.434. The third-order valence-corrected chi connectivity index (χ3v) is 6.44. The second kappa shape index (κ2) is 12.9. The van der Waals surface area contributed by atoms with Crippen molar-refractivity contribution in [2.75, 3.05) is 63.8 Å². The first-order chi connectivity index (χ1) is 18.5. The highest BCUT2D eigenvalue weighted by Gasteiger charge is 2.21. The number of aromatic nitrogens is 2. The van der Waals surface area contributed by atoms with Crippen LogP contribution in [0.5, 0.6) is 5.75 Å². The number of urea groups is 1. The SMILES string of the molecule is COc1cccc(C(CCO)NC(=O)Nc2ccc(-c3cn[nH]c3)cc2N(C)CC(=O)N2CCOCC2)c1. The zero-order chi connectivity index (χ0) is 26.9. The van der Waals surface area contributed by atoms with Crippen LogP contribution in [0.25, 0.3) is 11.1 Å². The number of benzene rings is 2. The molecule has 0 spiro atoms. The lowest BCUT2D eigenvalue weighted by molar-refractivity contribution is -0.133. The highest BCUT2D eigenvalue weighted by Crippen LogP contribution is 2.31. The van der Waals surface area contributed by atoms with Crippen LogP contribution < -0.4 is 20.3 Å². The zero-order valence-electron chi connectivity index (χ0n) is 21.6. The summed E-state index contributed by atoms with van der Waals surface area (Å²) in [5, 5.41) is 22.3. The molecule has 0 aliphatic carbocycles. The lowest BCUT2D eigenvalue weighted by Gasteiger charge is -2.30. The second-order valence-electron chi connectivity index (χ2n) is 9.01. The quantitative estimate of drug-likeness (QED) is 0.322. The number of ether oxygens (including phenoxy) is 2. The van der Waals surface area contributed by atoms with Crippen molar-refractivity contribution in [3.8, 4) is 16.9 Å². The summed E-state index contributed by atoms with van der Waals surface area (Å²) in [4.78, 5) is 29.7. The molecule has 3 amide bonds. The largest absolute Gasteiger partial charge is 0.497 e. The average molecular weight is 523 g/mol. The third-order valence-electron chi connectivity index (χ3n) is 6.44. The van der Waals surface area contributed by atoms with Crippen molar-refractivity contribution in [3.05, 3.63) is 60.4 Å². The van der Waals surface area contributed by atoms with Gasteiger partial charge in [-0.25, -0.2) is 4.79 Å². The molecule has 1 unspecified atom stereocenters. The van der Waals surface area contributed by atoms with Crippen molar-refractivity contribution < 1.29 is 24.2 Å².